The lowest BCUT2D eigenvalue weighted by Gasteiger charge is -2.26. The molecular formula is C21H21FN4O. The second kappa shape index (κ2) is 6.87. The molecule has 5 nitrogen and oxygen atoms in total. The monoisotopic (exact) mass is 364 g/mol. The molecule has 0 saturated heterocycles. The predicted octanol–water partition coefficient (Wildman–Crippen LogP) is 3.87. The van der Waals surface area contributed by atoms with Crippen LogP contribution >= 0.6 is 0 Å². The molecule has 0 bridgehead atoms. The Hall–Kier alpha value is -3.15. The van der Waals surface area contributed by atoms with Crippen molar-refractivity contribution in [3.63, 3.8) is 0 Å². The summed E-state index contributed by atoms with van der Waals surface area (Å²) in [6.07, 6.45) is 0.809. The first-order valence-electron chi connectivity index (χ1n) is 8.94. The third kappa shape index (κ3) is 3.43. The predicted molar refractivity (Wildman–Crippen MR) is 103 cm³/mol. The van der Waals surface area contributed by atoms with E-state index in [0.717, 1.165) is 46.9 Å². The van der Waals surface area contributed by atoms with Crippen LogP contribution in [0.5, 0.6) is 0 Å². The zero-order valence-electron chi connectivity index (χ0n) is 15.4. The highest BCUT2D eigenvalue weighted by Gasteiger charge is 2.25. The lowest BCUT2D eigenvalue weighted by atomic mass is 10.1. The van der Waals surface area contributed by atoms with Gasteiger partial charge in [0.25, 0.3) is 0 Å². The van der Waals surface area contributed by atoms with Crippen LogP contribution in [0.25, 0.3) is 11.1 Å². The van der Waals surface area contributed by atoms with E-state index < -0.39 is 0 Å². The molecule has 3 aromatic rings. The summed E-state index contributed by atoms with van der Waals surface area (Å²) in [5.41, 5.74) is 5.14. The standard InChI is InChI=1S/C21H21FN4O/c1-14(27)26-12-11-20-19(13-26)21(24-25(20)2)23-18-9-5-16(6-10-18)15-3-7-17(22)8-4-15/h3-10H,11-13H2,1-2H3,(H,23,24). The lowest BCUT2D eigenvalue weighted by molar-refractivity contribution is -0.129. The van der Waals surface area contributed by atoms with E-state index in [4.69, 9.17) is 0 Å². The van der Waals surface area contributed by atoms with Crippen LogP contribution in [0.2, 0.25) is 0 Å². The summed E-state index contributed by atoms with van der Waals surface area (Å²) >= 11 is 0. The smallest absolute Gasteiger partial charge is 0.219 e. The van der Waals surface area contributed by atoms with Crippen LogP contribution in [0.15, 0.2) is 48.5 Å². The second-order valence-electron chi connectivity index (χ2n) is 6.80. The Bertz CT molecular complexity index is 977. The third-order valence-corrected chi connectivity index (χ3v) is 5.01. The minimum absolute atomic E-state index is 0.0825. The zero-order valence-corrected chi connectivity index (χ0v) is 15.4. The van der Waals surface area contributed by atoms with Gasteiger partial charge in [0.2, 0.25) is 5.91 Å². The van der Waals surface area contributed by atoms with Gasteiger partial charge in [0.15, 0.2) is 5.82 Å². The number of rotatable bonds is 3. The molecule has 0 aliphatic carbocycles. The van der Waals surface area contributed by atoms with Crippen molar-refractivity contribution in [3.05, 3.63) is 65.6 Å². The minimum Gasteiger partial charge on any atom is -0.338 e. The average Bonchev–Trinajstić information content (AvgIpc) is 2.98. The van der Waals surface area contributed by atoms with Crippen molar-refractivity contribution in [2.45, 2.75) is 19.9 Å². The Morgan fingerprint density at radius 1 is 1.07 bits per heavy atom. The Morgan fingerprint density at radius 2 is 1.70 bits per heavy atom. The summed E-state index contributed by atoms with van der Waals surface area (Å²) in [4.78, 5) is 13.6. The highest BCUT2D eigenvalue weighted by Crippen LogP contribution is 2.29. The zero-order chi connectivity index (χ0) is 19.0. The maximum atomic E-state index is 13.1. The van der Waals surface area contributed by atoms with Crippen LogP contribution in [0.3, 0.4) is 0 Å². The van der Waals surface area contributed by atoms with E-state index in [1.165, 1.54) is 12.1 Å². The number of nitrogens with zero attached hydrogens (tertiary/aromatic N) is 3. The number of nitrogens with one attached hydrogen (secondary N) is 1. The fraction of sp³-hybridized carbons (Fsp3) is 0.238. The van der Waals surface area contributed by atoms with Gasteiger partial charge in [0.1, 0.15) is 5.82 Å². The largest absolute Gasteiger partial charge is 0.338 e. The first kappa shape index (κ1) is 17.3. The molecule has 1 N–H and O–H groups in total. The van der Waals surface area contributed by atoms with E-state index in [9.17, 15) is 9.18 Å². The summed E-state index contributed by atoms with van der Waals surface area (Å²) in [5.74, 6) is 0.628. The summed E-state index contributed by atoms with van der Waals surface area (Å²) in [7, 11) is 1.94. The maximum Gasteiger partial charge on any atom is 0.219 e. The maximum absolute atomic E-state index is 13.1. The Balaban J connectivity index is 1.56. The van der Waals surface area contributed by atoms with Crippen molar-refractivity contribution in [2.75, 3.05) is 11.9 Å². The van der Waals surface area contributed by atoms with Gasteiger partial charge < -0.3 is 10.2 Å². The number of anilines is 2. The molecular weight excluding hydrogens is 343 g/mol. The molecule has 27 heavy (non-hydrogen) atoms. The molecule has 0 radical (unpaired) electrons. The highest BCUT2D eigenvalue weighted by molar-refractivity contribution is 5.74. The number of carbonyl (C=O) groups is 1. The number of fused-ring (bicyclic) bond motifs is 1. The molecule has 0 spiro atoms. The van der Waals surface area contributed by atoms with Gasteiger partial charge in [-0.05, 0) is 35.4 Å². The van der Waals surface area contributed by atoms with Crippen molar-refractivity contribution in [1.29, 1.82) is 0 Å². The van der Waals surface area contributed by atoms with E-state index in [1.54, 1.807) is 19.1 Å². The van der Waals surface area contributed by atoms with Crippen LogP contribution in [0.1, 0.15) is 18.2 Å². The molecule has 1 aromatic heterocycles. The molecule has 0 saturated carbocycles. The Morgan fingerprint density at radius 3 is 2.33 bits per heavy atom. The minimum atomic E-state index is -0.239. The molecule has 0 fully saturated rings. The summed E-state index contributed by atoms with van der Waals surface area (Å²) in [6.45, 7) is 2.91. The van der Waals surface area contributed by atoms with Gasteiger partial charge in [0, 0.05) is 43.9 Å². The number of amides is 1. The molecule has 1 amide bonds. The Labute approximate surface area is 157 Å². The van der Waals surface area contributed by atoms with Gasteiger partial charge >= 0.3 is 0 Å². The first-order valence-corrected chi connectivity index (χ1v) is 8.94. The van der Waals surface area contributed by atoms with E-state index in [2.05, 4.69) is 10.4 Å². The molecule has 0 atom stereocenters. The van der Waals surface area contributed by atoms with Crippen LogP contribution in [0, 0.1) is 5.82 Å². The number of hydrogen-bond donors (Lipinski definition) is 1. The van der Waals surface area contributed by atoms with Gasteiger partial charge in [-0.2, -0.15) is 5.10 Å². The van der Waals surface area contributed by atoms with Crippen LogP contribution in [0.4, 0.5) is 15.9 Å². The lowest BCUT2D eigenvalue weighted by Crippen LogP contribution is -2.34. The summed E-state index contributed by atoms with van der Waals surface area (Å²) < 4.78 is 15.0. The fourth-order valence-electron chi connectivity index (χ4n) is 3.49. The molecule has 2 heterocycles. The molecule has 1 aliphatic heterocycles. The number of hydrogen-bond acceptors (Lipinski definition) is 3. The van der Waals surface area contributed by atoms with E-state index in [-0.39, 0.29) is 11.7 Å². The number of halogens is 1. The van der Waals surface area contributed by atoms with E-state index in [1.807, 2.05) is 40.9 Å². The van der Waals surface area contributed by atoms with Gasteiger partial charge in [-0.1, -0.05) is 24.3 Å². The van der Waals surface area contributed by atoms with Crippen LogP contribution in [-0.2, 0) is 24.8 Å². The Kier molecular flexibility index (Phi) is 4.39. The molecule has 4 rings (SSSR count). The number of aromatic nitrogens is 2. The van der Waals surface area contributed by atoms with E-state index in [0.29, 0.717) is 6.54 Å². The van der Waals surface area contributed by atoms with Gasteiger partial charge in [-0.15, -0.1) is 0 Å². The van der Waals surface area contributed by atoms with Crippen molar-refractivity contribution in [2.24, 2.45) is 7.05 Å². The number of carbonyl (C=O) groups excluding carboxylic acids is 1. The molecule has 138 valence electrons. The summed E-state index contributed by atoms with van der Waals surface area (Å²) in [5, 5.41) is 7.97. The van der Waals surface area contributed by atoms with Crippen LogP contribution in [-0.4, -0.2) is 27.1 Å². The van der Waals surface area contributed by atoms with Gasteiger partial charge in [0.05, 0.1) is 6.54 Å². The SMILES string of the molecule is CC(=O)N1CCc2c(c(Nc3ccc(-c4ccc(F)cc4)cc3)nn2C)C1. The van der Waals surface area contributed by atoms with Crippen LogP contribution < -0.4 is 5.32 Å². The average molecular weight is 364 g/mol. The summed E-state index contributed by atoms with van der Waals surface area (Å²) in [6, 6.07) is 14.4. The highest BCUT2D eigenvalue weighted by atomic mass is 19.1. The van der Waals surface area contributed by atoms with Gasteiger partial charge in [-0.3, -0.25) is 9.48 Å². The molecule has 2 aromatic carbocycles. The second-order valence-corrected chi connectivity index (χ2v) is 6.80. The number of aryl methyl sites for hydroxylation is 1. The quantitative estimate of drug-likeness (QED) is 0.767. The van der Waals surface area contributed by atoms with Crippen molar-refractivity contribution in [1.82, 2.24) is 14.7 Å². The third-order valence-electron chi connectivity index (χ3n) is 5.01. The van der Waals surface area contributed by atoms with Crippen molar-refractivity contribution >= 4 is 17.4 Å². The normalized spacial score (nSPS) is 13.4. The molecule has 1 aliphatic rings. The molecule has 0 unspecified atom stereocenters. The van der Waals surface area contributed by atoms with Crippen molar-refractivity contribution < 1.29 is 9.18 Å². The fourth-order valence-corrected chi connectivity index (χ4v) is 3.49. The van der Waals surface area contributed by atoms with Gasteiger partial charge in [-0.25, -0.2) is 4.39 Å². The number of benzene rings is 2. The topological polar surface area (TPSA) is 50.2 Å². The molecule has 6 heteroatoms. The first-order chi connectivity index (χ1) is 13.0. The van der Waals surface area contributed by atoms with Crippen molar-refractivity contribution in [3.8, 4) is 11.1 Å². The van der Waals surface area contributed by atoms with E-state index >= 15 is 0 Å².